The van der Waals surface area contributed by atoms with E-state index in [9.17, 15) is 18.0 Å². The van der Waals surface area contributed by atoms with Crippen LogP contribution in [0.2, 0.25) is 0 Å². The molecule has 21 heavy (non-hydrogen) atoms. The number of nitrogens with one attached hydrogen (secondary N) is 1. The minimum Gasteiger partial charge on any atom is -0.351 e. The molecule has 0 saturated carbocycles. The van der Waals surface area contributed by atoms with Crippen LogP contribution >= 0.6 is 15.9 Å². The van der Waals surface area contributed by atoms with E-state index in [1.165, 1.54) is 12.1 Å². The van der Waals surface area contributed by atoms with Gasteiger partial charge in [0.15, 0.2) is 0 Å². The Hall–Kier alpha value is -1.81. The minimum atomic E-state index is -4.56. The van der Waals surface area contributed by atoms with Crippen LogP contribution in [-0.4, -0.2) is 12.5 Å². The third-order valence-electron chi connectivity index (χ3n) is 2.52. The van der Waals surface area contributed by atoms with E-state index in [4.69, 9.17) is 5.26 Å². The van der Waals surface area contributed by atoms with Crippen molar-refractivity contribution in [1.82, 2.24) is 5.32 Å². The molecule has 1 rings (SSSR count). The highest BCUT2D eigenvalue weighted by Crippen LogP contribution is 2.34. The van der Waals surface area contributed by atoms with Crippen molar-refractivity contribution >= 4 is 27.9 Å². The predicted molar refractivity (Wildman–Crippen MR) is 76.0 cm³/mol. The Bertz CT molecular complexity index is 603. The number of benzene rings is 1. The molecular formula is C14H12BrF3N2O. The lowest BCUT2D eigenvalue weighted by atomic mass is 10.0. The van der Waals surface area contributed by atoms with Gasteiger partial charge >= 0.3 is 6.18 Å². The SMILES string of the molecule is CCCNC(=O)/C(C#N)=C\c1cc(Br)ccc1C(F)(F)F. The average Bonchev–Trinajstić information content (AvgIpc) is 2.40. The fourth-order valence-corrected chi connectivity index (χ4v) is 1.93. The van der Waals surface area contributed by atoms with Crippen molar-refractivity contribution in [3.8, 4) is 6.07 Å². The van der Waals surface area contributed by atoms with Crippen LogP contribution in [0, 0.1) is 11.3 Å². The third-order valence-corrected chi connectivity index (χ3v) is 3.01. The van der Waals surface area contributed by atoms with Crippen molar-refractivity contribution in [2.24, 2.45) is 0 Å². The molecule has 0 atom stereocenters. The summed E-state index contributed by atoms with van der Waals surface area (Å²) < 4.78 is 39.2. The molecular weight excluding hydrogens is 349 g/mol. The first-order valence-corrected chi connectivity index (χ1v) is 6.85. The number of carbonyl (C=O) groups excluding carboxylic acids is 1. The van der Waals surface area contributed by atoms with Gasteiger partial charge in [-0.2, -0.15) is 18.4 Å². The molecule has 0 bridgehead atoms. The number of carbonyl (C=O) groups is 1. The number of hydrogen-bond acceptors (Lipinski definition) is 2. The number of halogens is 4. The molecule has 0 aliphatic heterocycles. The Morgan fingerprint density at radius 3 is 2.67 bits per heavy atom. The van der Waals surface area contributed by atoms with Gasteiger partial charge in [-0.15, -0.1) is 0 Å². The van der Waals surface area contributed by atoms with Gasteiger partial charge in [-0.3, -0.25) is 4.79 Å². The quantitative estimate of drug-likeness (QED) is 0.653. The maximum Gasteiger partial charge on any atom is 0.416 e. The fourth-order valence-electron chi connectivity index (χ4n) is 1.55. The summed E-state index contributed by atoms with van der Waals surface area (Å²) >= 11 is 3.07. The predicted octanol–water partition coefficient (Wildman–Crippen LogP) is 3.90. The molecule has 1 amide bonds. The van der Waals surface area contributed by atoms with Crippen molar-refractivity contribution in [3.63, 3.8) is 0 Å². The zero-order valence-electron chi connectivity index (χ0n) is 11.1. The van der Waals surface area contributed by atoms with Gasteiger partial charge in [0.2, 0.25) is 0 Å². The monoisotopic (exact) mass is 360 g/mol. The van der Waals surface area contributed by atoms with Crippen LogP contribution in [0.25, 0.3) is 6.08 Å². The van der Waals surface area contributed by atoms with Crippen molar-refractivity contribution in [1.29, 1.82) is 5.26 Å². The average molecular weight is 361 g/mol. The van der Waals surface area contributed by atoms with Crippen molar-refractivity contribution in [3.05, 3.63) is 39.4 Å². The zero-order valence-corrected chi connectivity index (χ0v) is 12.7. The first-order chi connectivity index (χ1) is 9.79. The number of alkyl halides is 3. The molecule has 1 aromatic carbocycles. The summed E-state index contributed by atoms with van der Waals surface area (Å²) in [5, 5.41) is 11.4. The van der Waals surface area contributed by atoms with E-state index in [2.05, 4.69) is 21.2 Å². The highest BCUT2D eigenvalue weighted by molar-refractivity contribution is 9.10. The fraction of sp³-hybridized carbons (Fsp3) is 0.286. The van der Waals surface area contributed by atoms with Gasteiger partial charge in [0.05, 0.1) is 5.56 Å². The summed E-state index contributed by atoms with van der Waals surface area (Å²) in [6.45, 7) is 2.18. The topological polar surface area (TPSA) is 52.9 Å². The summed E-state index contributed by atoms with van der Waals surface area (Å²) in [7, 11) is 0. The van der Waals surface area contributed by atoms with Gasteiger partial charge in [0.1, 0.15) is 11.6 Å². The number of nitriles is 1. The zero-order chi connectivity index (χ0) is 16.0. The van der Waals surface area contributed by atoms with Crippen LogP contribution in [0.1, 0.15) is 24.5 Å². The Morgan fingerprint density at radius 2 is 2.14 bits per heavy atom. The molecule has 1 aromatic rings. The summed E-state index contributed by atoms with van der Waals surface area (Å²) in [4.78, 5) is 11.7. The van der Waals surface area contributed by atoms with E-state index in [1.54, 1.807) is 6.07 Å². The molecule has 0 aliphatic carbocycles. The Labute approximate surface area is 128 Å². The van der Waals surface area contributed by atoms with Crippen LogP contribution in [-0.2, 0) is 11.0 Å². The molecule has 3 nitrogen and oxygen atoms in total. The molecule has 0 heterocycles. The molecule has 0 fully saturated rings. The second-order valence-electron chi connectivity index (χ2n) is 4.16. The lowest BCUT2D eigenvalue weighted by molar-refractivity contribution is -0.137. The van der Waals surface area contributed by atoms with Gasteiger partial charge in [0.25, 0.3) is 5.91 Å². The Kier molecular flexibility index (Phi) is 5.97. The molecule has 0 unspecified atom stereocenters. The molecule has 0 spiro atoms. The smallest absolute Gasteiger partial charge is 0.351 e. The lowest BCUT2D eigenvalue weighted by Gasteiger charge is -2.11. The highest BCUT2D eigenvalue weighted by Gasteiger charge is 2.33. The normalized spacial score (nSPS) is 11.9. The van der Waals surface area contributed by atoms with Gasteiger partial charge in [0, 0.05) is 11.0 Å². The molecule has 7 heteroatoms. The highest BCUT2D eigenvalue weighted by atomic mass is 79.9. The number of amides is 1. The maximum atomic E-state index is 12.9. The third kappa shape index (κ3) is 4.90. The van der Waals surface area contributed by atoms with E-state index in [-0.39, 0.29) is 11.1 Å². The molecule has 0 saturated heterocycles. The molecule has 0 aromatic heterocycles. The number of hydrogen-bond donors (Lipinski definition) is 1. The van der Waals surface area contributed by atoms with Crippen molar-refractivity contribution in [2.45, 2.75) is 19.5 Å². The van der Waals surface area contributed by atoms with Crippen LogP contribution in [0.3, 0.4) is 0 Å². The van der Waals surface area contributed by atoms with Gasteiger partial charge < -0.3 is 5.32 Å². The van der Waals surface area contributed by atoms with Crippen molar-refractivity contribution in [2.75, 3.05) is 6.54 Å². The van der Waals surface area contributed by atoms with Crippen LogP contribution in [0.15, 0.2) is 28.2 Å². The first kappa shape index (κ1) is 17.2. The van der Waals surface area contributed by atoms with Gasteiger partial charge in [-0.25, -0.2) is 0 Å². The number of rotatable bonds is 4. The Balaban J connectivity index is 3.26. The molecule has 0 aliphatic rings. The van der Waals surface area contributed by atoms with Gasteiger partial charge in [-0.05, 0) is 36.3 Å². The largest absolute Gasteiger partial charge is 0.416 e. The van der Waals surface area contributed by atoms with E-state index in [0.29, 0.717) is 17.4 Å². The second-order valence-corrected chi connectivity index (χ2v) is 5.07. The summed E-state index contributed by atoms with van der Waals surface area (Å²) in [6.07, 6.45) is -2.96. The van der Waals surface area contributed by atoms with E-state index in [0.717, 1.165) is 12.1 Å². The minimum absolute atomic E-state index is 0.236. The molecule has 0 radical (unpaired) electrons. The summed E-state index contributed by atoms with van der Waals surface area (Å²) in [5.74, 6) is -0.688. The number of nitrogens with zero attached hydrogens (tertiary/aromatic N) is 1. The van der Waals surface area contributed by atoms with Crippen LogP contribution in [0.5, 0.6) is 0 Å². The molecule has 1 N–H and O–H groups in total. The summed E-state index contributed by atoms with van der Waals surface area (Å²) in [5.41, 5.74) is -1.51. The van der Waals surface area contributed by atoms with Crippen LogP contribution in [0.4, 0.5) is 13.2 Å². The second kappa shape index (κ2) is 7.27. The standard InChI is InChI=1S/C14H12BrF3N2O/c1-2-5-20-13(21)10(8-19)6-9-7-11(15)3-4-12(9)14(16,17)18/h3-4,6-7H,2,5H2,1H3,(H,20,21)/b10-6-. The van der Waals surface area contributed by atoms with E-state index < -0.39 is 17.6 Å². The maximum absolute atomic E-state index is 12.9. The summed E-state index contributed by atoms with van der Waals surface area (Å²) in [6, 6.07) is 4.99. The van der Waals surface area contributed by atoms with Crippen molar-refractivity contribution < 1.29 is 18.0 Å². The Morgan fingerprint density at radius 1 is 1.48 bits per heavy atom. The first-order valence-electron chi connectivity index (χ1n) is 6.06. The molecule has 112 valence electrons. The van der Waals surface area contributed by atoms with Crippen LogP contribution < -0.4 is 5.32 Å². The van der Waals surface area contributed by atoms with E-state index >= 15 is 0 Å². The van der Waals surface area contributed by atoms with E-state index in [1.807, 2.05) is 6.92 Å². The van der Waals surface area contributed by atoms with Gasteiger partial charge in [-0.1, -0.05) is 22.9 Å². The lowest BCUT2D eigenvalue weighted by Crippen LogP contribution is -2.25.